The first-order valence-corrected chi connectivity index (χ1v) is 8.71. The molecule has 0 saturated carbocycles. The minimum atomic E-state index is -1.58. The Labute approximate surface area is 153 Å². The Morgan fingerprint density at radius 3 is 2.42 bits per heavy atom. The zero-order chi connectivity index (χ0) is 19.5. The number of ketones is 1. The Hall–Kier alpha value is -2.47. The van der Waals surface area contributed by atoms with Crippen molar-refractivity contribution in [2.24, 2.45) is 5.41 Å². The molecule has 3 atom stereocenters. The first kappa shape index (κ1) is 19.8. The summed E-state index contributed by atoms with van der Waals surface area (Å²) in [5, 5.41) is 12.5. The molecule has 1 aliphatic heterocycles. The number of hydrogen-bond acceptors (Lipinski definition) is 4. The summed E-state index contributed by atoms with van der Waals surface area (Å²) in [5.41, 5.74) is 0.302. The molecule has 1 aromatic carbocycles. The number of aliphatic carboxylic acids is 1. The third-order valence-electron chi connectivity index (χ3n) is 5.01. The van der Waals surface area contributed by atoms with E-state index in [-0.39, 0.29) is 17.9 Å². The summed E-state index contributed by atoms with van der Waals surface area (Å²) < 4.78 is 5.88. The number of hydrogen-bond donors (Lipinski definition) is 2. The summed E-state index contributed by atoms with van der Waals surface area (Å²) in [6.07, 6.45) is -0.0872. The van der Waals surface area contributed by atoms with E-state index in [0.717, 1.165) is 5.56 Å². The van der Waals surface area contributed by atoms with Crippen LogP contribution in [0.15, 0.2) is 36.4 Å². The molecule has 0 aromatic heterocycles. The number of rotatable bonds is 6. The van der Waals surface area contributed by atoms with Crippen molar-refractivity contribution in [2.75, 3.05) is 5.32 Å². The van der Waals surface area contributed by atoms with E-state index in [9.17, 15) is 19.5 Å². The molecule has 0 spiro atoms. The Kier molecular flexibility index (Phi) is 5.97. The first-order valence-electron chi connectivity index (χ1n) is 8.71. The third kappa shape index (κ3) is 3.70. The molecular formula is C20H25NO5. The number of ether oxygens (including phenoxy) is 1. The molecule has 1 heterocycles. The van der Waals surface area contributed by atoms with Gasteiger partial charge in [-0.25, -0.2) is 0 Å². The van der Waals surface area contributed by atoms with Crippen LogP contribution in [0.4, 0.5) is 5.69 Å². The van der Waals surface area contributed by atoms with Gasteiger partial charge in [0.15, 0.2) is 11.2 Å². The van der Waals surface area contributed by atoms with Crippen molar-refractivity contribution in [3.63, 3.8) is 0 Å². The highest BCUT2D eigenvalue weighted by Crippen LogP contribution is 2.41. The van der Waals surface area contributed by atoms with Gasteiger partial charge in [-0.15, -0.1) is 0 Å². The van der Waals surface area contributed by atoms with E-state index in [1.807, 2.05) is 12.1 Å². The topological polar surface area (TPSA) is 92.7 Å². The number of benzene rings is 1. The summed E-state index contributed by atoms with van der Waals surface area (Å²) >= 11 is 0. The second-order valence-electron chi connectivity index (χ2n) is 6.67. The predicted octanol–water partition coefficient (Wildman–Crippen LogP) is 2.97. The average molecular weight is 359 g/mol. The maximum absolute atomic E-state index is 12.7. The van der Waals surface area contributed by atoms with Crippen molar-refractivity contribution in [3.8, 4) is 0 Å². The smallest absolute Gasteiger partial charge is 0.320 e. The first-order chi connectivity index (χ1) is 12.2. The number of carbonyl (C=O) groups is 3. The second-order valence-corrected chi connectivity index (χ2v) is 6.67. The number of amides is 1. The molecule has 6 heteroatoms. The maximum atomic E-state index is 12.7. The molecule has 0 unspecified atom stereocenters. The highest BCUT2D eigenvalue weighted by molar-refractivity contribution is 6.13. The predicted molar refractivity (Wildman–Crippen MR) is 97.9 cm³/mol. The molecule has 2 N–H and O–H groups in total. The fraction of sp³-hybridized carbons (Fsp3) is 0.450. The van der Waals surface area contributed by atoms with Crippen LogP contribution in [0.5, 0.6) is 0 Å². The Morgan fingerprint density at radius 2 is 1.92 bits per heavy atom. The summed E-state index contributed by atoms with van der Waals surface area (Å²) in [6.45, 7) is 8.56. The van der Waals surface area contributed by atoms with Crippen LogP contribution in [-0.4, -0.2) is 35.0 Å². The van der Waals surface area contributed by atoms with Crippen LogP contribution in [0, 0.1) is 5.41 Å². The van der Waals surface area contributed by atoms with Crippen LogP contribution in [0.1, 0.15) is 39.2 Å². The van der Waals surface area contributed by atoms with Gasteiger partial charge in [0.25, 0.3) is 0 Å². The summed E-state index contributed by atoms with van der Waals surface area (Å²) in [5.74, 6) is -1.74. The van der Waals surface area contributed by atoms with Gasteiger partial charge in [-0.1, -0.05) is 25.6 Å². The summed E-state index contributed by atoms with van der Waals surface area (Å²) in [7, 11) is 0. The molecule has 1 fully saturated rings. The highest BCUT2D eigenvalue weighted by Gasteiger charge is 2.56. The zero-order valence-electron chi connectivity index (χ0n) is 15.4. The molecule has 6 nitrogen and oxygen atoms in total. The van der Waals surface area contributed by atoms with Gasteiger partial charge in [-0.05, 0) is 43.9 Å². The molecule has 1 amide bonds. The SMILES string of the molecule is C=C1C(=O)[C@](CC)(C(=O)O)[C@H](CCc2ccc(NC(C)=O)cc2)O[C@@H]1C. The molecule has 1 aromatic rings. The number of carboxylic acid groups (broad SMARTS) is 1. The number of carbonyl (C=O) groups excluding carboxylic acids is 2. The zero-order valence-corrected chi connectivity index (χ0v) is 15.4. The van der Waals surface area contributed by atoms with E-state index >= 15 is 0 Å². The number of nitrogens with one attached hydrogen (secondary N) is 1. The van der Waals surface area contributed by atoms with E-state index < -0.39 is 29.4 Å². The van der Waals surface area contributed by atoms with Crippen LogP contribution in [-0.2, 0) is 25.5 Å². The van der Waals surface area contributed by atoms with Crippen LogP contribution >= 0.6 is 0 Å². The molecule has 0 aliphatic carbocycles. The molecule has 0 bridgehead atoms. The van der Waals surface area contributed by atoms with Crippen molar-refractivity contribution >= 4 is 23.3 Å². The van der Waals surface area contributed by atoms with Gasteiger partial charge in [0.05, 0.1) is 12.2 Å². The van der Waals surface area contributed by atoms with E-state index in [1.165, 1.54) is 6.92 Å². The van der Waals surface area contributed by atoms with E-state index in [4.69, 9.17) is 4.74 Å². The third-order valence-corrected chi connectivity index (χ3v) is 5.01. The van der Waals surface area contributed by atoms with Crippen LogP contribution in [0.2, 0.25) is 0 Å². The Morgan fingerprint density at radius 1 is 1.31 bits per heavy atom. The average Bonchev–Trinajstić information content (AvgIpc) is 2.59. The fourth-order valence-corrected chi connectivity index (χ4v) is 3.41. The highest BCUT2D eigenvalue weighted by atomic mass is 16.5. The lowest BCUT2D eigenvalue weighted by molar-refractivity contribution is -0.175. The van der Waals surface area contributed by atoms with Gasteiger partial charge < -0.3 is 15.2 Å². The number of Topliss-reactive ketones (excluding diaryl/α,β-unsaturated/α-hetero) is 1. The summed E-state index contributed by atoms with van der Waals surface area (Å²) in [6, 6.07) is 7.32. The molecular weight excluding hydrogens is 334 g/mol. The maximum Gasteiger partial charge on any atom is 0.320 e. The molecule has 1 saturated heterocycles. The van der Waals surface area contributed by atoms with Gasteiger partial charge in [0.2, 0.25) is 5.91 Å². The van der Waals surface area contributed by atoms with E-state index in [1.54, 1.807) is 26.0 Å². The normalized spacial score (nSPS) is 25.8. The second kappa shape index (κ2) is 7.83. The largest absolute Gasteiger partial charge is 0.480 e. The van der Waals surface area contributed by atoms with Crippen molar-refractivity contribution in [1.29, 1.82) is 0 Å². The molecule has 1 aliphatic rings. The van der Waals surface area contributed by atoms with Gasteiger partial charge in [-0.3, -0.25) is 14.4 Å². The Balaban J connectivity index is 2.17. The molecule has 2 rings (SSSR count). The lowest BCUT2D eigenvalue weighted by Crippen LogP contribution is -2.56. The fourth-order valence-electron chi connectivity index (χ4n) is 3.41. The minimum Gasteiger partial charge on any atom is -0.480 e. The molecule has 26 heavy (non-hydrogen) atoms. The monoisotopic (exact) mass is 359 g/mol. The van der Waals surface area contributed by atoms with Crippen molar-refractivity contribution < 1.29 is 24.2 Å². The summed E-state index contributed by atoms with van der Waals surface area (Å²) in [4.78, 5) is 35.7. The van der Waals surface area contributed by atoms with Gasteiger partial charge in [0.1, 0.15) is 0 Å². The van der Waals surface area contributed by atoms with Gasteiger partial charge in [-0.2, -0.15) is 0 Å². The standard InChI is InChI=1S/C20H25NO5/c1-5-20(19(24)25)17(26-13(3)12(2)18(20)23)11-8-15-6-9-16(10-7-15)21-14(4)22/h6-7,9-10,13,17H,2,5,8,11H2,1,3-4H3,(H,21,22)(H,24,25)/t13-,17+,20-/m1/s1. The van der Waals surface area contributed by atoms with E-state index in [0.29, 0.717) is 18.5 Å². The van der Waals surface area contributed by atoms with Gasteiger partial charge >= 0.3 is 5.97 Å². The van der Waals surface area contributed by atoms with Crippen LogP contribution < -0.4 is 5.32 Å². The Bertz CT molecular complexity index is 724. The van der Waals surface area contributed by atoms with Crippen LogP contribution in [0.25, 0.3) is 0 Å². The number of anilines is 1. The lowest BCUT2D eigenvalue weighted by Gasteiger charge is -2.42. The quantitative estimate of drug-likeness (QED) is 0.602. The van der Waals surface area contributed by atoms with Crippen LogP contribution in [0.3, 0.4) is 0 Å². The number of aryl methyl sites for hydroxylation is 1. The van der Waals surface area contributed by atoms with E-state index in [2.05, 4.69) is 11.9 Å². The van der Waals surface area contributed by atoms with Crippen molar-refractivity contribution in [3.05, 3.63) is 42.0 Å². The van der Waals surface area contributed by atoms with Crippen molar-refractivity contribution in [2.45, 2.75) is 52.2 Å². The van der Waals surface area contributed by atoms with Crippen molar-refractivity contribution in [1.82, 2.24) is 0 Å². The molecule has 0 radical (unpaired) electrons. The lowest BCUT2D eigenvalue weighted by atomic mass is 9.69. The number of carboxylic acids is 1. The molecule has 140 valence electrons. The minimum absolute atomic E-state index is 0.143. The van der Waals surface area contributed by atoms with Gasteiger partial charge in [0, 0.05) is 18.2 Å².